The Balaban J connectivity index is 3.25. The molecule has 1 aromatic heterocycles. The first kappa shape index (κ1) is 15.6. The molecule has 1 aromatic rings. The zero-order chi connectivity index (χ0) is 14.8. The highest BCUT2D eigenvalue weighted by molar-refractivity contribution is 5.67. The summed E-state index contributed by atoms with van der Waals surface area (Å²) in [4.78, 5) is 11.1. The van der Waals surface area contributed by atoms with Gasteiger partial charge in [-0.2, -0.15) is 0 Å². The number of carbonyl (C=O) groups is 1. The van der Waals surface area contributed by atoms with Crippen LogP contribution in [-0.4, -0.2) is 38.4 Å². The largest absolute Gasteiger partial charge is 0.481 e. The van der Waals surface area contributed by atoms with Gasteiger partial charge in [0.05, 0.1) is 12.5 Å². The maximum atomic E-state index is 11.1. The summed E-state index contributed by atoms with van der Waals surface area (Å²) in [6, 6.07) is -0.343. The number of aromatic nitrogens is 4. The predicted octanol–water partition coefficient (Wildman–Crippen LogP) is 1.62. The van der Waals surface area contributed by atoms with Crippen LogP contribution in [0.3, 0.4) is 0 Å². The average Bonchev–Trinajstić information content (AvgIpc) is 2.73. The number of carboxylic acids is 1. The number of tetrazole rings is 1. The Kier molecular flexibility index (Phi) is 4.29. The van der Waals surface area contributed by atoms with Gasteiger partial charge in [-0.05, 0) is 29.7 Å². The molecule has 0 bridgehead atoms. The van der Waals surface area contributed by atoms with Gasteiger partial charge in [-0.3, -0.25) is 4.79 Å². The van der Waals surface area contributed by atoms with Crippen molar-refractivity contribution < 1.29 is 14.6 Å². The lowest BCUT2D eigenvalue weighted by Gasteiger charge is -2.32. The number of hydrogen-bond donors (Lipinski definition) is 1. The number of rotatable bonds is 5. The van der Waals surface area contributed by atoms with Crippen molar-refractivity contribution in [1.29, 1.82) is 0 Å². The van der Waals surface area contributed by atoms with E-state index in [4.69, 9.17) is 9.84 Å². The van der Waals surface area contributed by atoms with Crippen LogP contribution in [0.2, 0.25) is 0 Å². The second-order valence-electron chi connectivity index (χ2n) is 6.14. The van der Waals surface area contributed by atoms with Crippen molar-refractivity contribution in [1.82, 2.24) is 20.2 Å². The number of nitrogens with zero attached hydrogens (tertiary/aromatic N) is 4. The summed E-state index contributed by atoms with van der Waals surface area (Å²) in [6.45, 7) is 9.58. The van der Waals surface area contributed by atoms with E-state index < -0.39 is 11.6 Å². The molecule has 1 unspecified atom stereocenters. The van der Waals surface area contributed by atoms with E-state index in [1.54, 1.807) is 11.8 Å². The van der Waals surface area contributed by atoms with E-state index in [1.807, 2.05) is 34.6 Å². The van der Waals surface area contributed by atoms with E-state index in [0.717, 1.165) is 0 Å². The molecule has 1 N–H and O–H groups in total. The molecular formula is C12H22N4O3. The summed E-state index contributed by atoms with van der Waals surface area (Å²) < 4.78 is 6.95. The van der Waals surface area contributed by atoms with E-state index in [-0.39, 0.29) is 17.9 Å². The minimum Gasteiger partial charge on any atom is -0.481 e. The maximum Gasteiger partial charge on any atom is 0.305 e. The maximum absolute atomic E-state index is 11.1. The van der Waals surface area contributed by atoms with Crippen molar-refractivity contribution in [3.05, 3.63) is 5.82 Å². The Morgan fingerprint density at radius 1 is 1.37 bits per heavy atom. The van der Waals surface area contributed by atoms with Crippen molar-refractivity contribution in [2.24, 2.45) is 5.41 Å². The Bertz CT molecular complexity index is 448. The lowest BCUT2D eigenvalue weighted by atomic mass is 9.84. The Morgan fingerprint density at radius 3 is 2.37 bits per heavy atom. The molecule has 0 spiro atoms. The number of ether oxygens (including phenoxy) is 1. The third kappa shape index (κ3) is 3.50. The molecule has 0 saturated carbocycles. The molecule has 0 radical (unpaired) electrons. The van der Waals surface area contributed by atoms with Crippen LogP contribution in [0.1, 0.15) is 52.9 Å². The summed E-state index contributed by atoms with van der Waals surface area (Å²) in [6.07, 6.45) is -0.0403. The van der Waals surface area contributed by atoms with Gasteiger partial charge in [0.15, 0.2) is 5.82 Å². The van der Waals surface area contributed by atoms with Gasteiger partial charge in [-0.15, -0.1) is 5.10 Å². The lowest BCUT2D eigenvalue weighted by Crippen LogP contribution is -2.33. The van der Waals surface area contributed by atoms with Crippen LogP contribution in [0.25, 0.3) is 0 Å². The van der Waals surface area contributed by atoms with E-state index >= 15 is 0 Å². The van der Waals surface area contributed by atoms with Crippen LogP contribution >= 0.6 is 0 Å². The van der Waals surface area contributed by atoms with Gasteiger partial charge in [0.2, 0.25) is 0 Å². The fourth-order valence-corrected chi connectivity index (χ4v) is 1.82. The fourth-order valence-electron chi connectivity index (χ4n) is 1.82. The average molecular weight is 270 g/mol. The molecular weight excluding hydrogens is 248 g/mol. The van der Waals surface area contributed by atoms with E-state index in [1.165, 1.54) is 0 Å². The molecule has 1 atom stereocenters. The zero-order valence-electron chi connectivity index (χ0n) is 12.3. The molecule has 1 heterocycles. The van der Waals surface area contributed by atoms with Crippen molar-refractivity contribution in [3.8, 4) is 0 Å². The third-order valence-electron chi connectivity index (χ3n) is 3.20. The fraction of sp³-hybridized carbons (Fsp3) is 0.833. The van der Waals surface area contributed by atoms with Gasteiger partial charge < -0.3 is 9.84 Å². The first-order valence-corrected chi connectivity index (χ1v) is 6.15. The number of carboxylic acid groups (broad SMARTS) is 1. The van der Waals surface area contributed by atoms with Gasteiger partial charge >= 0.3 is 5.97 Å². The van der Waals surface area contributed by atoms with E-state index in [2.05, 4.69) is 15.5 Å². The molecule has 0 aliphatic heterocycles. The highest BCUT2D eigenvalue weighted by Crippen LogP contribution is 2.35. The summed E-state index contributed by atoms with van der Waals surface area (Å²) in [5, 5.41) is 20.7. The van der Waals surface area contributed by atoms with Crippen molar-refractivity contribution in [2.45, 2.75) is 52.7 Å². The Morgan fingerprint density at radius 2 is 1.95 bits per heavy atom. The van der Waals surface area contributed by atoms with Crippen LogP contribution in [0.15, 0.2) is 0 Å². The molecule has 0 saturated heterocycles. The second kappa shape index (κ2) is 5.24. The lowest BCUT2D eigenvalue weighted by molar-refractivity contribution is -0.139. The number of aliphatic carboxylic acids is 1. The standard InChI is InChI=1S/C12H22N4O3/c1-11(2,3)8(7-9(17)18)16-10(13-14-15-16)12(4,5)19-6/h8H,7H2,1-6H3,(H,17,18). The van der Waals surface area contributed by atoms with Crippen molar-refractivity contribution in [2.75, 3.05) is 7.11 Å². The smallest absolute Gasteiger partial charge is 0.305 e. The highest BCUT2D eigenvalue weighted by atomic mass is 16.5. The SMILES string of the molecule is COC(C)(C)c1nnnn1C(CC(=O)O)C(C)(C)C. The molecule has 0 aliphatic rings. The monoisotopic (exact) mass is 270 g/mol. The van der Waals surface area contributed by atoms with Gasteiger partial charge in [0, 0.05) is 7.11 Å². The summed E-state index contributed by atoms with van der Waals surface area (Å²) in [5.74, 6) is -0.354. The molecule has 7 nitrogen and oxygen atoms in total. The van der Waals surface area contributed by atoms with Crippen molar-refractivity contribution >= 4 is 5.97 Å². The van der Waals surface area contributed by atoms with Crippen LogP contribution in [0, 0.1) is 5.41 Å². The van der Waals surface area contributed by atoms with Gasteiger partial charge in [-0.1, -0.05) is 20.8 Å². The quantitative estimate of drug-likeness (QED) is 0.874. The second-order valence-corrected chi connectivity index (χ2v) is 6.14. The van der Waals surface area contributed by atoms with Crippen LogP contribution in [-0.2, 0) is 15.1 Å². The third-order valence-corrected chi connectivity index (χ3v) is 3.20. The van der Waals surface area contributed by atoms with Crippen LogP contribution in [0.5, 0.6) is 0 Å². The Hall–Kier alpha value is -1.50. The highest BCUT2D eigenvalue weighted by Gasteiger charge is 2.36. The minimum atomic E-state index is -0.878. The summed E-state index contributed by atoms with van der Waals surface area (Å²) >= 11 is 0. The summed E-state index contributed by atoms with van der Waals surface area (Å²) in [7, 11) is 1.57. The molecule has 1 rings (SSSR count). The normalized spacial score (nSPS) is 14.4. The van der Waals surface area contributed by atoms with Gasteiger partial charge in [0.1, 0.15) is 5.60 Å². The first-order chi connectivity index (χ1) is 8.59. The topological polar surface area (TPSA) is 90.1 Å². The molecule has 108 valence electrons. The predicted molar refractivity (Wildman–Crippen MR) is 68.6 cm³/mol. The van der Waals surface area contributed by atoms with Gasteiger partial charge in [0.25, 0.3) is 0 Å². The molecule has 19 heavy (non-hydrogen) atoms. The van der Waals surface area contributed by atoms with Crippen LogP contribution in [0.4, 0.5) is 0 Å². The number of methoxy groups -OCH3 is 1. The molecule has 0 aromatic carbocycles. The Labute approximate surface area is 112 Å². The van der Waals surface area contributed by atoms with Gasteiger partial charge in [-0.25, -0.2) is 4.68 Å². The first-order valence-electron chi connectivity index (χ1n) is 6.15. The molecule has 7 heteroatoms. The minimum absolute atomic E-state index is 0.0403. The number of hydrogen-bond acceptors (Lipinski definition) is 5. The van der Waals surface area contributed by atoms with Crippen molar-refractivity contribution in [3.63, 3.8) is 0 Å². The van der Waals surface area contributed by atoms with Crippen LogP contribution < -0.4 is 0 Å². The molecule has 0 fully saturated rings. The molecule has 0 aliphatic carbocycles. The summed E-state index contributed by atoms with van der Waals surface area (Å²) in [5.41, 5.74) is -0.960. The molecule has 0 amide bonds. The van der Waals surface area contributed by atoms with E-state index in [9.17, 15) is 4.79 Å². The zero-order valence-corrected chi connectivity index (χ0v) is 12.3. The van der Waals surface area contributed by atoms with E-state index in [0.29, 0.717) is 5.82 Å².